The molecule has 162 valence electrons. The Morgan fingerprint density at radius 2 is 1.97 bits per heavy atom. The van der Waals surface area contributed by atoms with Crippen molar-refractivity contribution in [1.82, 2.24) is 10.3 Å². The lowest BCUT2D eigenvalue weighted by Gasteiger charge is -2.47. The lowest BCUT2D eigenvalue weighted by molar-refractivity contribution is -0.139. The highest BCUT2D eigenvalue weighted by Crippen LogP contribution is 2.43. The third kappa shape index (κ3) is 4.75. The van der Waals surface area contributed by atoms with E-state index in [4.69, 9.17) is 10.5 Å². The molecule has 0 saturated carbocycles. The molecule has 1 aliphatic rings. The highest BCUT2D eigenvalue weighted by molar-refractivity contribution is 5.77. The number of amides is 1. The largest absolute Gasteiger partial charge is 0.476 e. The van der Waals surface area contributed by atoms with E-state index in [1.807, 2.05) is 30.3 Å². The van der Waals surface area contributed by atoms with Gasteiger partial charge in [-0.15, -0.1) is 0 Å². The zero-order chi connectivity index (χ0) is 21.9. The molecule has 0 radical (unpaired) electrons. The van der Waals surface area contributed by atoms with Crippen LogP contribution in [-0.2, 0) is 11.0 Å². The lowest BCUT2D eigenvalue weighted by atomic mass is 9.65. The number of carbonyl (C=O) groups is 1. The first-order chi connectivity index (χ1) is 14.1. The summed E-state index contributed by atoms with van der Waals surface area (Å²) in [6.45, 7) is 4.51. The fraction of sp³-hybridized carbons (Fsp3) is 0.455. The van der Waals surface area contributed by atoms with Crippen LogP contribution in [-0.4, -0.2) is 29.6 Å². The quantitative estimate of drug-likeness (QED) is 0.745. The van der Waals surface area contributed by atoms with Crippen LogP contribution in [0.5, 0.6) is 5.88 Å². The van der Waals surface area contributed by atoms with Crippen LogP contribution in [0.1, 0.15) is 37.3 Å². The van der Waals surface area contributed by atoms with Gasteiger partial charge in [-0.3, -0.25) is 4.79 Å². The smallest absolute Gasteiger partial charge is 0.421 e. The van der Waals surface area contributed by atoms with Gasteiger partial charge in [-0.1, -0.05) is 30.3 Å². The molecule has 5 nitrogen and oxygen atoms in total. The summed E-state index contributed by atoms with van der Waals surface area (Å²) in [5.41, 5.74) is 5.44. The first-order valence-electron chi connectivity index (χ1n) is 9.85. The molecule has 30 heavy (non-hydrogen) atoms. The van der Waals surface area contributed by atoms with Crippen LogP contribution in [0.15, 0.2) is 48.7 Å². The standard InChI is InChI=1S/C22H26F3N3O2/c1-21(2)18(14-7-4-3-5-8-14)15(10-12-28-21)16(19(26)29)13-30-20-17(22(23,24)25)9-6-11-27-20/h3-9,11,15-16,18,28H,10,12-13H2,1-2H3,(H2,26,29). The van der Waals surface area contributed by atoms with Gasteiger partial charge in [0.1, 0.15) is 12.2 Å². The number of aromatic nitrogens is 1. The molecule has 3 N–H and O–H groups in total. The van der Waals surface area contributed by atoms with Gasteiger partial charge in [-0.25, -0.2) is 4.98 Å². The molecule has 0 aliphatic carbocycles. The summed E-state index contributed by atoms with van der Waals surface area (Å²) in [6, 6.07) is 11.9. The molecule has 1 fully saturated rings. The second kappa shape index (κ2) is 8.63. The Bertz CT molecular complexity index is 871. The zero-order valence-corrected chi connectivity index (χ0v) is 16.9. The molecule has 3 atom stereocenters. The van der Waals surface area contributed by atoms with Crippen molar-refractivity contribution in [2.45, 2.75) is 37.9 Å². The van der Waals surface area contributed by atoms with Crippen molar-refractivity contribution in [3.8, 4) is 5.88 Å². The van der Waals surface area contributed by atoms with Crippen molar-refractivity contribution in [1.29, 1.82) is 0 Å². The van der Waals surface area contributed by atoms with Gasteiger partial charge in [0, 0.05) is 17.7 Å². The number of hydrogen-bond acceptors (Lipinski definition) is 4. The Hall–Kier alpha value is -2.61. The van der Waals surface area contributed by atoms with Crippen molar-refractivity contribution in [3.63, 3.8) is 0 Å². The molecule has 1 aromatic carbocycles. The average molecular weight is 421 g/mol. The van der Waals surface area contributed by atoms with Crippen molar-refractivity contribution >= 4 is 5.91 Å². The highest BCUT2D eigenvalue weighted by Gasteiger charge is 2.45. The second-order valence-electron chi connectivity index (χ2n) is 8.16. The fourth-order valence-electron chi connectivity index (χ4n) is 4.44. The summed E-state index contributed by atoms with van der Waals surface area (Å²) in [5.74, 6) is -2.16. The van der Waals surface area contributed by atoms with Gasteiger partial charge < -0.3 is 15.8 Å². The maximum Gasteiger partial charge on any atom is 0.421 e. The number of ether oxygens (including phenoxy) is 1. The maximum atomic E-state index is 13.3. The molecule has 2 heterocycles. The van der Waals surface area contributed by atoms with Gasteiger partial charge >= 0.3 is 6.18 Å². The molecule has 8 heteroatoms. The van der Waals surface area contributed by atoms with Crippen molar-refractivity contribution in [2.24, 2.45) is 17.6 Å². The number of piperidine rings is 1. The summed E-state index contributed by atoms with van der Waals surface area (Å²) >= 11 is 0. The number of carbonyl (C=O) groups excluding carboxylic acids is 1. The lowest BCUT2D eigenvalue weighted by Crippen LogP contribution is -2.55. The number of benzene rings is 1. The zero-order valence-electron chi connectivity index (χ0n) is 16.9. The van der Waals surface area contributed by atoms with Crippen molar-refractivity contribution < 1.29 is 22.7 Å². The molecule has 1 aliphatic heterocycles. The minimum absolute atomic E-state index is 0.0700. The van der Waals surface area contributed by atoms with E-state index in [1.165, 1.54) is 12.3 Å². The Kier molecular flexibility index (Phi) is 6.36. The van der Waals surface area contributed by atoms with Crippen LogP contribution in [0.25, 0.3) is 0 Å². The summed E-state index contributed by atoms with van der Waals surface area (Å²) in [5, 5.41) is 3.48. The van der Waals surface area contributed by atoms with E-state index in [1.54, 1.807) is 0 Å². The number of pyridine rings is 1. The number of nitrogens with one attached hydrogen (secondary N) is 1. The number of alkyl halides is 3. The van der Waals surface area contributed by atoms with Crippen LogP contribution in [0, 0.1) is 11.8 Å². The Morgan fingerprint density at radius 1 is 1.27 bits per heavy atom. The van der Waals surface area contributed by atoms with Crippen LogP contribution < -0.4 is 15.8 Å². The number of nitrogens with two attached hydrogens (primary N) is 1. The molecule has 0 spiro atoms. The normalized spacial score (nSPS) is 22.3. The average Bonchev–Trinajstić information content (AvgIpc) is 2.67. The van der Waals surface area contributed by atoms with Gasteiger partial charge in [0.15, 0.2) is 0 Å². The van der Waals surface area contributed by atoms with Gasteiger partial charge in [0.25, 0.3) is 0 Å². The number of halogens is 3. The maximum absolute atomic E-state index is 13.3. The van der Waals surface area contributed by atoms with E-state index in [9.17, 15) is 18.0 Å². The summed E-state index contributed by atoms with van der Waals surface area (Å²) in [6.07, 6.45) is -2.73. The number of nitrogens with zero attached hydrogens (tertiary/aromatic N) is 1. The van der Waals surface area contributed by atoms with Gasteiger partial charge in [0.05, 0.1) is 5.92 Å². The first kappa shape index (κ1) is 22.1. The molecule has 2 aromatic rings. The first-order valence-corrected chi connectivity index (χ1v) is 9.85. The minimum Gasteiger partial charge on any atom is -0.476 e. The summed E-state index contributed by atoms with van der Waals surface area (Å²) in [4.78, 5) is 16.1. The molecule has 1 aromatic heterocycles. The number of primary amides is 1. The Balaban J connectivity index is 1.89. The van der Waals surface area contributed by atoms with E-state index in [0.29, 0.717) is 13.0 Å². The van der Waals surface area contributed by atoms with E-state index in [0.717, 1.165) is 11.6 Å². The SMILES string of the molecule is CC1(C)NCCC(C(COc2ncccc2C(F)(F)F)C(N)=O)C1c1ccccc1. The topological polar surface area (TPSA) is 77.2 Å². The molecular formula is C22H26F3N3O2. The van der Waals surface area contributed by atoms with Crippen molar-refractivity contribution in [3.05, 3.63) is 59.8 Å². The monoisotopic (exact) mass is 421 g/mol. The van der Waals surface area contributed by atoms with E-state index in [-0.39, 0.29) is 24.0 Å². The van der Waals surface area contributed by atoms with Gasteiger partial charge in [0.2, 0.25) is 11.8 Å². The van der Waals surface area contributed by atoms with E-state index < -0.39 is 29.4 Å². The highest BCUT2D eigenvalue weighted by atomic mass is 19.4. The number of rotatable bonds is 6. The fourth-order valence-corrected chi connectivity index (χ4v) is 4.44. The molecule has 1 saturated heterocycles. The van der Waals surface area contributed by atoms with Crippen LogP contribution >= 0.6 is 0 Å². The third-order valence-electron chi connectivity index (χ3n) is 5.78. The second-order valence-corrected chi connectivity index (χ2v) is 8.16. The molecule has 3 unspecified atom stereocenters. The Labute approximate surface area is 173 Å². The van der Waals surface area contributed by atoms with Gasteiger partial charge in [-0.05, 0) is 50.4 Å². The summed E-state index contributed by atoms with van der Waals surface area (Å²) < 4.78 is 45.2. The predicted molar refractivity (Wildman–Crippen MR) is 107 cm³/mol. The minimum atomic E-state index is -4.60. The molecule has 0 bridgehead atoms. The number of hydrogen-bond donors (Lipinski definition) is 2. The molecular weight excluding hydrogens is 395 g/mol. The van der Waals surface area contributed by atoms with Gasteiger partial charge in [-0.2, -0.15) is 13.2 Å². The van der Waals surface area contributed by atoms with E-state index in [2.05, 4.69) is 24.1 Å². The van der Waals surface area contributed by atoms with E-state index >= 15 is 0 Å². The van der Waals surface area contributed by atoms with Crippen LogP contribution in [0.3, 0.4) is 0 Å². The Morgan fingerprint density at radius 3 is 2.60 bits per heavy atom. The third-order valence-corrected chi connectivity index (χ3v) is 5.78. The molecule has 1 amide bonds. The molecule has 3 rings (SSSR count). The van der Waals surface area contributed by atoms with Crippen LogP contribution in [0.2, 0.25) is 0 Å². The van der Waals surface area contributed by atoms with Crippen molar-refractivity contribution in [2.75, 3.05) is 13.2 Å². The van der Waals surface area contributed by atoms with Crippen LogP contribution in [0.4, 0.5) is 13.2 Å². The summed E-state index contributed by atoms with van der Waals surface area (Å²) in [7, 11) is 0. The predicted octanol–water partition coefficient (Wildman–Crippen LogP) is 3.75.